The molecule has 0 saturated heterocycles. The third-order valence-electron chi connectivity index (χ3n) is 4.88. The highest BCUT2D eigenvalue weighted by atomic mass is 32.1. The third-order valence-corrected chi connectivity index (χ3v) is 8.05. The Bertz CT molecular complexity index is 720. The van der Waals surface area contributed by atoms with Gasteiger partial charge in [-0.3, -0.25) is 4.79 Å². The van der Waals surface area contributed by atoms with E-state index in [0.717, 1.165) is 27.8 Å². The molecule has 0 saturated carbocycles. The molecule has 0 aliphatic heterocycles. The fourth-order valence-electron chi connectivity index (χ4n) is 3.51. The molecule has 0 fully saturated rings. The number of hydrogen-bond acceptors (Lipinski definition) is 3. The van der Waals surface area contributed by atoms with Crippen molar-refractivity contribution in [2.45, 2.75) is 58.8 Å². The third kappa shape index (κ3) is 3.53. The van der Waals surface area contributed by atoms with Gasteiger partial charge in [-0.25, -0.2) is 0 Å². The van der Waals surface area contributed by atoms with Crippen molar-refractivity contribution in [3.05, 3.63) is 56.8 Å². The van der Waals surface area contributed by atoms with Gasteiger partial charge in [-0.2, -0.15) is 11.3 Å². The van der Waals surface area contributed by atoms with Crippen molar-refractivity contribution in [1.29, 1.82) is 0 Å². The van der Waals surface area contributed by atoms with Gasteiger partial charge in [0.1, 0.15) is 0 Å². The van der Waals surface area contributed by atoms with E-state index in [1.165, 1.54) is 0 Å². The maximum atomic E-state index is 13.5. The van der Waals surface area contributed by atoms with E-state index < -0.39 is 13.0 Å². The number of rotatable bonds is 7. The van der Waals surface area contributed by atoms with Crippen molar-refractivity contribution in [3.63, 3.8) is 0 Å². The Kier molecular flexibility index (Phi) is 6.11. The molecule has 0 spiro atoms. The summed E-state index contributed by atoms with van der Waals surface area (Å²) in [5.74, 6) is 0.0545. The number of carbonyl (C=O) groups is 1. The van der Waals surface area contributed by atoms with Crippen molar-refractivity contribution < 1.29 is 9.36 Å². The van der Waals surface area contributed by atoms with E-state index in [2.05, 4.69) is 0 Å². The fourth-order valence-corrected chi connectivity index (χ4v) is 6.17. The Morgan fingerprint density at radius 3 is 2.17 bits per heavy atom. The van der Waals surface area contributed by atoms with Crippen LogP contribution < -0.4 is 0 Å². The van der Waals surface area contributed by atoms with Gasteiger partial charge in [-0.05, 0) is 48.7 Å². The molecule has 2 aromatic rings. The van der Waals surface area contributed by atoms with Crippen LogP contribution >= 0.6 is 19.1 Å². The van der Waals surface area contributed by atoms with Crippen LogP contribution in [-0.4, -0.2) is 10.9 Å². The molecule has 0 aliphatic rings. The SMILES string of the molecule is CCC(CC)(C(=O)c1c(C)cc(C)cc1C)[P+](=O)Cc1ccsc1. The minimum absolute atomic E-state index is 0.0545. The highest BCUT2D eigenvalue weighted by molar-refractivity contribution is 7.47. The monoisotopic (exact) mass is 361 g/mol. The van der Waals surface area contributed by atoms with Crippen LogP contribution in [0.25, 0.3) is 0 Å². The van der Waals surface area contributed by atoms with E-state index >= 15 is 0 Å². The van der Waals surface area contributed by atoms with Gasteiger partial charge in [0.2, 0.25) is 10.9 Å². The smallest absolute Gasteiger partial charge is 0.289 e. The van der Waals surface area contributed by atoms with Crippen molar-refractivity contribution >= 4 is 24.9 Å². The number of thiophene rings is 1. The van der Waals surface area contributed by atoms with Crippen LogP contribution in [0.3, 0.4) is 0 Å². The standard InChI is InChI=1S/C20H26O2PS/c1-6-20(7-2,23(22)12-17-8-9-24-13-17)19(21)18-15(4)10-14(3)11-16(18)5/h8-11,13H,6-7,12H2,1-5H3/q+1. The van der Waals surface area contributed by atoms with Crippen molar-refractivity contribution in [2.24, 2.45) is 0 Å². The number of Topliss-reactive ketones (excluding diaryl/α,β-unsaturated/α-hetero) is 1. The first-order valence-corrected chi connectivity index (χ1v) is 10.8. The average molecular weight is 361 g/mol. The summed E-state index contributed by atoms with van der Waals surface area (Å²) in [5, 5.41) is 3.24. The Morgan fingerprint density at radius 1 is 1.12 bits per heavy atom. The number of aryl methyl sites for hydroxylation is 3. The molecule has 1 unspecified atom stereocenters. The molecule has 1 aromatic carbocycles. The first kappa shape index (κ1) is 19.0. The molecule has 2 rings (SSSR count). The molecule has 0 radical (unpaired) electrons. The number of benzene rings is 1. The van der Waals surface area contributed by atoms with Gasteiger partial charge in [0.25, 0.3) is 0 Å². The molecule has 2 nitrogen and oxygen atoms in total. The molecule has 24 heavy (non-hydrogen) atoms. The van der Waals surface area contributed by atoms with Crippen LogP contribution in [0.5, 0.6) is 0 Å². The highest BCUT2D eigenvalue weighted by Crippen LogP contribution is 2.49. The zero-order valence-electron chi connectivity index (χ0n) is 15.2. The molecule has 128 valence electrons. The summed E-state index contributed by atoms with van der Waals surface area (Å²) in [6.45, 7) is 9.98. The minimum atomic E-state index is -1.67. The summed E-state index contributed by atoms with van der Waals surface area (Å²) in [6.07, 6.45) is 1.69. The predicted octanol–water partition coefficient (Wildman–Crippen LogP) is 6.44. The topological polar surface area (TPSA) is 34.1 Å². The quantitative estimate of drug-likeness (QED) is 0.420. The van der Waals surface area contributed by atoms with Crippen LogP contribution in [-0.2, 0) is 10.7 Å². The van der Waals surface area contributed by atoms with Gasteiger partial charge in [-0.15, -0.1) is 0 Å². The van der Waals surface area contributed by atoms with Crippen LogP contribution in [0.2, 0.25) is 0 Å². The Morgan fingerprint density at radius 2 is 1.71 bits per heavy atom. The van der Waals surface area contributed by atoms with E-state index in [9.17, 15) is 9.36 Å². The summed E-state index contributed by atoms with van der Waals surface area (Å²) in [6, 6.07) is 6.09. The van der Waals surface area contributed by atoms with E-state index in [1.807, 2.05) is 63.6 Å². The average Bonchev–Trinajstić information content (AvgIpc) is 3.01. The van der Waals surface area contributed by atoms with E-state index in [4.69, 9.17) is 0 Å². The second-order valence-corrected chi connectivity index (χ2v) is 9.22. The summed E-state index contributed by atoms with van der Waals surface area (Å²) in [7, 11) is -1.67. The van der Waals surface area contributed by atoms with Crippen molar-refractivity contribution in [2.75, 3.05) is 0 Å². The largest absolute Gasteiger partial charge is 0.357 e. The lowest BCUT2D eigenvalue weighted by Crippen LogP contribution is -2.35. The zero-order chi connectivity index (χ0) is 17.9. The number of hydrogen-bond donors (Lipinski definition) is 0. The fraction of sp³-hybridized carbons (Fsp3) is 0.450. The molecular weight excluding hydrogens is 335 g/mol. The lowest BCUT2D eigenvalue weighted by atomic mass is 9.86. The zero-order valence-corrected chi connectivity index (χ0v) is 16.9. The van der Waals surface area contributed by atoms with Crippen LogP contribution in [0.15, 0.2) is 29.0 Å². The highest BCUT2D eigenvalue weighted by Gasteiger charge is 2.53. The van der Waals surface area contributed by atoms with Crippen molar-refractivity contribution in [1.82, 2.24) is 0 Å². The van der Waals surface area contributed by atoms with Gasteiger partial charge in [0, 0.05) is 24.0 Å². The van der Waals surface area contributed by atoms with Gasteiger partial charge in [0.05, 0.1) is 0 Å². The molecule has 4 heteroatoms. The van der Waals surface area contributed by atoms with Crippen LogP contribution in [0, 0.1) is 20.8 Å². The molecule has 1 aromatic heterocycles. The van der Waals surface area contributed by atoms with Crippen molar-refractivity contribution in [3.8, 4) is 0 Å². The van der Waals surface area contributed by atoms with Gasteiger partial charge >= 0.3 is 7.80 Å². The second kappa shape index (κ2) is 7.72. The molecule has 0 bridgehead atoms. The molecule has 0 N–H and O–H groups in total. The maximum absolute atomic E-state index is 13.5. The van der Waals surface area contributed by atoms with E-state index in [1.54, 1.807) is 11.3 Å². The van der Waals surface area contributed by atoms with Crippen LogP contribution in [0.4, 0.5) is 0 Å². The molecule has 0 aliphatic carbocycles. The first-order valence-electron chi connectivity index (χ1n) is 8.44. The molecule has 1 atom stereocenters. The Balaban J connectivity index is 2.46. The van der Waals surface area contributed by atoms with Gasteiger partial charge in [-0.1, -0.05) is 36.1 Å². The predicted molar refractivity (Wildman–Crippen MR) is 104 cm³/mol. The molecular formula is C20H26O2PS+. The first-order chi connectivity index (χ1) is 11.4. The lowest BCUT2D eigenvalue weighted by molar-refractivity contribution is 0.0931. The van der Waals surface area contributed by atoms with Gasteiger partial charge < -0.3 is 0 Å². The second-order valence-electron chi connectivity index (χ2n) is 6.51. The number of ketones is 1. The summed E-state index contributed by atoms with van der Waals surface area (Å²) >= 11 is 1.61. The van der Waals surface area contributed by atoms with Crippen LogP contribution in [0.1, 0.15) is 59.3 Å². The van der Waals surface area contributed by atoms with Gasteiger partial charge in [0.15, 0.2) is 6.16 Å². The minimum Gasteiger partial charge on any atom is -0.289 e. The summed E-state index contributed by atoms with van der Waals surface area (Å²) < 4.78 is 13.2. The lowest BCUT2D eigenvalue weighted by Gasteiger charge is -2.22. The summed E-state index contributed by atoms with van der Waals surface area (Å²) in [4.78, 5) is 13.5. The summed E-state index contributed by atoms with van der Waals surface area (Å²) in [5.41, 5.74) is 4.96. The number of carbonyl (C=O) groups excluding carboxylic acids is 1. The maximum Gasteiger partial charge on any atom is 0.357 e. The Labute approximate surface area is 150 Å². The molecule has 0 amide bonds. The Hall–Kier alpha value is -1.31. The molecule has 1 heterocycles. The normalized spacial score (nSPS) is 12.3. The van der Waals surface area contributed by atoms with E-state index in [-0.39, 0.29) is 5.78 Å². The van der Waals surface area contributed by atoms with E-state index in [0.29, 0.717) is 19.0 Å².